The molecule has 0 saturated heterocycles. The van der Waals surface area contributed by atoms with Gasteiger partial charge in [-0.1, -0.05) is 0 Å². The van der Waals surface area contributed by atoms with Crippen molar-refractivity contribution in [3.8, 4) is 5.75 Å². The summed E-state index contributed by atoms with van der Waals surface area (Å²) in [6.45, 7) is 2.69. The van der Waals surface area contributed by atoms with E-state index in [0.29, 0.717) is 29.6 Å². The summed E-state index contributed by atoms with van der Waals surface area (Å²) in [5, 5.41) is 9.12. The quantitative estimate of drug-likeness (QED) is 0.487. The maximum atomic E-state index is 13.6. The number of nitrogens with one attached hydrogen (secondary N) is 1. The van der Waals surface area contributed by atoms with Gasteiger partial charge in [0.2, 0.25) is 0 Å². The molecule has 182 valence electrons. The van der Waals surface area contributed by atoms with Gasteiger partial charge in [-0.2, -0.15) is 13.2 Å². The third kappa shape index (κ3) is 5.94. The maximum absolute atomic E-state index is 13.6. The number of carboxylic acids is 1. The van der Waals surface area contributed by atoms with E-state index in [4.69, 9.17) is 14.6 Å². The Morgan fingerprint density at radius 1 is 1.24 bits per heavy atom. The molecule has 0 fully saturated rings. The van der Waals surface area contributed by atoms with E-state index in [9.17, 15) is 26.0 Å². The molecule has 2 aromatic carbocycles. The molecule has 0 saturated carbocycles. The number of rotatable bonds is 4. The minimum absolute atomic E-state index is 0.0913. The predicted octanol–water partition coefficient (Wildman–Crippen LogP) is 4.56. The number of benzene rings is 2. The van der Waals surface area contributed by atoms with Gasteiger partial charge in [-0.3, -0.25) is 4.72 Å². The first-order chi connectivity index (χ1) is 15.9. The fourth-order valence-electron chi connectivity index (χ4n) is 2.88. The molecule has 0 aliphatic carbocycles. The highest BCUT2D eigenvalue weighted by Crippen LogP contribution is 2.38. The molecule has 1 aliphatic rings. The topological polar surface area (TPSA) is 109 Å². The SMILES string of the molecule is Cc1cc(N2CCOc3cc(S(=O)(=O)Nc4nccs4)ccc32)ccc1F.O=C(O)C(F)(F)F. The second kappa shape index (κ2) is 9.85. The number of thiazole rings is 1. The third-order valence-corrected chi connectivity index (χ3v) is 6.61. The second-order valence-corrected chi connectivity index (χ2v) is 9.39. The minimum Gasteiger partial charge on any atom is -0.489 e. The van der Waals surface area contributed by atoms with Crippen LogP contribution >= 0.6 is 11.3 Å². The minimum atomic E-state index is -5.08. The molecule has 1 aliphatic heterocycles. The molecule has 2 heterocycles. The Hall–Kier alpha value is -3.39. The molecule has 14 heteroatoms. The fourth-order valence-corrected chi connectivity index (χ4v) is 4.68. The average Bonchev–Trinajstić information content (AvgIpc) is 3.27. The van der Waals surface area contributed by atoms with Crippen molar-refractivity contribution >= 4 is 43.8 Å². The van der Waals surface area contributed by atoms with Gasteiger partial charge in [0.1, 0.15) is 18.2 Å². The van der Waals surface area contributed by atoms with E-state index in [1.54, 1.807) is 30.5 Å². The molecule has 34 heavy (non-hydrogen) atoms. The first-order valence-corrected chi connectivity index (χ1v) is 11.8. The summed E-state index contributed by atoms with van der Waals surface area (Å²) in [6, 6.07) is 9.60. The molecule has 0 atom stereocenters. The van der Waals surface area contributed by atoms with Gasteiger partial charge < -0.3 is 14.7 Å². The number of hydrogen-bond acceptors (Lipinski definition) is 7. The number of ether oxygens (including phenoxy) is 1. The smallest absolute Gasteiger partial charge is 0.489 e. The molecule has 3 aromatic rings. The number of aryl methyl sites for hydroxylation is 1. The van der Waals surface area contributed by atoms with Crippen molar-refractivity contribution in [2.45, 2.75) is 18.0 Å². The zero-order valence-electron chi connectivity index (χ0n) is 17.3. The van der Waals surface area contributed by atoms with E-state index in [1.807, 2.05) is 4.90 Å². The molecule has 1 aromatic heterocycles. The van der Waals surface area contributed by atoms with Crippen LogP contribution in [0.2, 0.25) is 0 Å². The monoisotopic (exact) mass is 519 g/mol. The van der Waals surface area contributed by atoms with Crippen molar-refractivity contribution in [2.24, 2.45) is 0 Å². The predicted molar refractivity (Wildman–Crippen MR) is 117 cm³/mol. The van der Waals surface area contributed by atoms with Crippen LogP contribution < -0.4 is 14.4 Å². The van der Waals surface area contributed by atoms with Crippen LogP contribution in [-0.4, -0.2) is 43.8 Å². The molecular weight excluding hydrogens is 502 g/mol. The van der Waals surface area contributed by atoms with E-state index in [2.05, 4.69) is 9.71 Å². The standard InChI is InChI=1S/C18H16FN3O3S2.C2HF3O2/c1-12-10-13(2-4-15(12)19)22-7-8-25-17-11-14(3-5-16(17)22)27(23,24)21-18-20-6-9-26-18;3-2(4,5)1(6)7/h2-6,9-11H,7-8H2,1H3,(H,20,21);(H,6,7). The number of aliphatic carboxylic acids is 1. The third-order valence-electron chi connectivity index (χ3n) is 4.45. The second-order valence-electron chi connectivity index (χ2n) is 6.81. The summed E-state index contributed by atoms with van der Waals surface area (Å²) in [5.41, 5.74) is 2.11. The van der Waals surface area contributed by atoms with Gasteiger partial charge in [0.15, 0.2) is 5.13 Å². The Kier molecular flexibility index (Phi) is 7.31. The summed E-state index contributed by atoms with van der Waals surface area (Å²) in [7, 11) is -3.76. The van der Waals surface area contributed by atoms with Crippen molar-refractivity contribution in [2.75, 3.05) is 22.8 Å². The molecule has 2 N–H and O–H groups in total. The molecule has 4 rings (SSSR count). The summed E-state index contributed by atoms with van der Waals surface area (Å²) < 4.78 is 78.6. The van der Waals surface area contributed by atoms with Crippen molar-refractivity contribution < 1.29 is 40.6 Å². The van der Waals surface area contributed by atoms with Gasteiger partial charge in [-0.25, -0.2) is 22.6 Å². The van der Waals surface area contributed by atoms with E-state index in [-0.39, 0.29) is 10.7 Å². The van der Waals surface area contributed by atoms with Crippen LogP contribution in [0.25, 0.3) is 0 Å². The number of alkyl halides is 3. The van der Waals surface area contributed by atoms with Crippen LogP contribution in [0.4, 0.5) is 34.1 Å². The van der Waals surface area contributed by atoms with Crippen molar-refractivity contribution in [3.05, 3.63) is 59.4 Å². The lowest BCUT2D eigenvalue weighted by molar-refractivity contribution is -0.192. The van der Waals surface area contributed by atoms with Gasteiger partial charge in [0.05, 0.1) is 17.1 Å². The lowest BCUT2D eigenvalue weighted by Crippen LogP contribution is -2.29. The number of carbonyl (C=O) groups is 1. The number of halogens is 4. The van der Waals surface area contributed by atoms with Crippen molar-refractivity contribution in [1.29, 1.82) is 0 Å². The molecule has 0 spiro atoms. The molecule has 8 nitrogen and oxygen atoms in total. The summed E-state index contributed by atoms with van der Waals surface area (Å²) in [6.07, 6.45) is -3.55. The highest BCUT2D eigenvalue weighted by Gasteiger charge is 2.38. The average molecular weight is 519 g/mol. The Balaban J connectivity index is 0.000000406. The van der Waals surface area contributed by atoms with Gasteiger partial charge in [0.25, 0.3) is 10.0 Å². The van der Waals surface area contributed by atoms with Crippen LogP contribution in [0, 0.1) is 12.7 Å². The molecule has 0 amide bonds. The number of nitrogens with zero attached hydrogens (tertiary/aromatic N) is 2. The fraction of sp³-hybridized carbons (Fsp3) is 0.200. The van der Waals surface area contributed by atoms with Crippen molar-refractivity contribution in [1.82, 2.24) is 4.98 Å². The first-order valence-electron chi connectivity index (χ1n) is 9.41. The zero-order valence-corrected chi connectivity index (χ0v) is 19.0. The van der Waals surface area contributed by atoms with Gasteiger partial charge in [0, 0.05) is 23.3 Å². The lowest BCUT2D eigenvalue weighted by Gasteiger charge is -2.31. The number of sulfonamides is 1. The number of fused-ring (bicyclic) bond motifs is 1. The van der Waals surface area contributed by atoms with Gasteiger partial charge in [-0.15, -0.1) is 11.3 Å². The summed E-state index contributed by atoms with van der Waals surface area (Å²) in [4.78, 5) is 14.9. The maximum Gasteiger partial charge on any atom is 0.490 e. The summed E-state index contributed by atoms with van der Waals surface area (Å²) >= 11 is 1.20. The number of anilines is 3. The lowest BCUT2D eigenvalue weighted by atomic mass is 10.1. The Labute approximate surface area is 195 Å². The molecular formula is C20H17F4N3O5S2. The van der Waals surface area contributed by atoms with E-state index in [0.717, 1.165) is 11.4 Å². The Bertz CT molecular complexity index is 1280. The van der Waals surface area contributed by atoms with E-state index < -0.39 is 22.2 Å². The van der Waals surface area contributed by atoms with Crippen LogP contribution in [0.3, 0.4) is 0 Å². The molecule has 0 unspecified atom stereocenters. The highest BCUT2D eigenvalue weighted by molar-refractivity contribution is 7.93. The van der Waals surface area contributed by atoms with E-state index in [1.165, 1.54) is 35.7 Å². The van der Waals surface area contributed by atoms with Crippen LogP contribution in [0.5, 0.6) is 5.75 Å². The zero-order chi connectivity index (χ0) is 25.1. The Morgan fingerprint density at radius 3 is 2.53 bits per heavy atom. The van der Waals surface area contributed by atoms with Gasteiger partial charge >= 0.3 is 12.1 Å². The highest BCUT2D eigenvalue weighted by atomic mass is 32.2. The van der Waals surface area contributed by atoms with Crippen LogP contribution in [-0.2, 0) is 14.8 Å². The van der Waals surface area contributed by atoms with Crippen molar-refractivity contribution in [3.63, 3.8) is 0 Å². The number of aromatic nitrogens is 1. The Morgan fingerprint density at radius 2 is 1.94 bits per heavy atom. The van der Waals surface area contributed by atoms with Crippen LogP contribution in [0.1, 0.15) is 5.56 Å². The number of hydrogen-bond donors (Lipinski definition) is 2. The molecule has 0 bridgehead atoms. The molecule has 0 radical (unpaired) electrons. The van der Waals surface area contributed by atoms with Gasteiger partial charge in [-0.05, 0) is 42.8 Å². The number of carboxylic acid groups (broad SMARTS) is 1. The van der Waals surface area contributed by atoms with Crippen LogP contribution in [0.15, 0.2) is 52.9 Å². The van der Waals surface area contributed by atoms with E-state index >= 15 is 0 Å². The summed E-state index contributed by atoms with van der Waals surface area (Å²) in [5.74, 6) is -2.56. The largest absolute Gasteiger partial charge is 0.490 e. The first kappa shape index (κ1) is 25.2. The normalized spacial score (nSPS) is 13.3.